The number of nitrogen functional groups attached to an aromatic ring is 1. The molecule has 0 atom stereocenters. The number of halogens is 1. The summed E-state index contributed by atoms with van der Waals surface area (Å²) in [5.74, 6) is -0.371. The topological polar surface area (TPSA) is 110 Å². The number of hydrogen-bond acceptors (Lipinski definition) is 6. The van der Waals surface area contributed by atoms with Crippen LogP contribution in [0.15, 0.2) is 54.9 Å². The largest absolute Gasteiger partial charge is 0.379 e. The molecule has 0 aliphatic carbocycles. The summed E-state index contributed by atoms with van der Waals surface area (Å²) < 4.78 is 49.5. The SMILES string of the molecule is Nc1ncc(-c2ccc(-c3ccccc3NS(=O)(=O)N3CCOCC3)cc2F)cn1. The summed E-state index contributed by atoms with van der Waals surface area (Å²) >= 11 is 0. The lowest BCUT2D eigenvalue weighted by Crippen LogP contribution is -2.43. The van der Waals surface area contributed by atoms with E-state index in [0.717, 1.165) is 0 Å². The zero-order valence-corrected chi connectivity index (χ0v) is 16.8. The Hall–Kier alpha value is -3.08. The van der Waals surface area contributed by atoms with Crippen LogP contribution >= 0.6 is 0 Å². The van der Waals surface area contributed by atoms with Crippen molar-refractivity contribution >= 4 is 21.8 Å². The van der Waals surface area contributed by atoms with Crippen molar-refractivity contribution in [3.63, 3.8) is 0 Å². The van der Waals surface area contributed by atoms with Gasteiger partial charge in [-0.3, -0.25) is 4.72 Å². The number of nitrogens with two attached hydrogens (primary N) is 1. The molecule has 0 unspecified atom stereocenters. The van der Waals surface area contributed by atoms with Crippen molar-refractivity contribution in [1.82, 2.24) is 14.3 Å². The van der Waals surface area contributed by atoms with E-state index in [1.807, 2.05) is 0 Å². The summed E-state index contributed by atoms with van der Waals surface area (Å²) in [4.78, 5) is 7.77. The quantitative estimate of drug-likeness (QED) is 0.645. The number of nitrogens with one attached hydrogen (secondary N) is 1. The molecular weight excluding hydrogens is 409 g/mol. The first-order chi connectivity index (χ1) is 14.4. The molecule has 1 aliphatic heterocycles. The van der Waals surface area contributed by atoms with E-state index < -0.39 is 16.0 Å². The number of nitrogens with zero attached hydrogens (tertiary/aromatic N) is 3. The molecule has 0 saturated carbocycles. The van der Waals surface area contributed by atoms with Gasteiger partial charge in [-0.15, -0.1) is 0 Å². The van der Waals surface area contributed by atoms with E-state index in [-0.39, 0.29) is 19.0 Å². The molecule has 4 rings (SSSR count). The molecule has 0 spiro atoms. The molecule has 1 saturated heterocycles. The lowest BCUT2D eigenvalue weighted by Gasteiger charge is -2.26. The second kappa shape index (κ2) is 8.34. The monoisotopic (exact) mass is 429 g/mol. The van der Waals surface area contributed by atoms with Gasteiger partial charge in [0.2, 0.25) is 5.95 Å². The average molecular weight is 429 g/mol. The maximum atomic E-state index is 14.8. The molecule has 0 amide bonds. The fraction of sp³-hybridized carbons (Fsp3) is 0.200. The summed E-state index contributed by atoms with van der Waals surface area (Å²) in [5.41, 5.74) is 7.77. The Labute approximate surface area is 173 Å². The third kappa shape index (κ3) is 4.25. The Morgan fingerprint density at radius 3 is 2.40 bits per heavy atom. The third-order valence-electron chi connectivity index (χ3n) is 4.74. The highest BCUT2D eigenvalue weighted by Gasteiger charge is 2.25. The van der Waals surface area contributed by atoms with Crippen LogP contribution in [0, 0.1) is 5.82 Å². The normalized spacial score (nSPS) is 15.1. The van der Waals surface area contributed by atoms with Gasteiger partial charge in [0, 0.05) is 42.2 Å². The van der Waals surface area contributed by atoms with E-state index in [2.05, 4.69) is 14.7 Å². The van der Waals surface area contributed by atoms with Crippen molar-refractivity contribution in [2.24, 2.45) is 0 Å². The van der Waals surface area contributed by atoms with Crippen LogP contribution in [-0.4, -0.2) is 49.0 Å². The Morgan fingerprint density at radius 1 is 1.00 bits per heavy atom. The highest BCUT2D eigenvalue weighted by atomic mass is 32.2. The number of hydrogen-bond donors (Lipinski definition) is 2. The van der Waals surface area contributed by atoms with Gasteiger partial charge in [0.1, 0.15) is 5.82 Å². The van der Waals surface area contributed by atoms with Gasteiger partial charge in [-0.05, 0) is 17.7 Å². The van der Waals surface area contributed by atoms with E-state index in [4.69, 9.17) is 10.5 Å². The molecule has 156 valence electrons. The molecule has 30 heavy (non-hydrogen) atoms. The summed E-state index contributed by atoms with van der Waals surface area (Å²) in [7, 11) is -3.75. The van der Waals surface area contributed by atoms with Gasteiger partial charge in [-0.25, -0.2) is 14.4 Å². The second-order valence-corrected chi connectivity index (χ2v) is 8.36. The first-order valence-electron chi connectivity index (χ1n) is 9.26. The number of para-hydroxylation sites is 1. The molecule has 0 radical (unpaired) electrons. The number of benzene rings is 2. The van der Waals surface area contributed by atoms with Crippen molar-refractivity contribution in [2.45, 2.75) is 0 Å². The standard InChI is InChI=1S/C20H20FN5O3S/c21-18-11-14(5-6-16(18)15-12-23-20(22)24-13-15)17-3-1-2-4-19(17)25-30(27,28)26-7-9-29-10-8-26/h1-6,11-13,25H,7-10H2,(H2,22,23,24). The Morgan fingerprint density at radius 2 is 1.70 bits per heavy atom. The highest BCUT2D eigenvalue weighted by molar-refractivity contribution is 7.90. The Kier molecular flexibility index (Phi) is 5.62. The van der Waals surface area contributed by atoms with Crippen molar-refractivity contribution in [1.29, 1.82) is 0 Å². The van der Waals surface area contributed by atoms with Gasteiger partial charge in [0.15, 0.2) is 0 Å². The molecule has 0 bridgehead atoms. The lowest BCUT2D eigenvalue weighted by molar-refractivity contribution is 0.0733. The fourth-order valence-electron chi connectivity index (χ4n) is 3.21. The number of morpholine rings is 1. The molecule has 2 heterocycles. The van der Waals surface area contributed by atoms with E-state index in [1.54, 1.807) is 36.4 Å². The van der Waals surface area contributed by atoms with Crippen molar-refractivity contribution in [2.75, 3.05) is 36.8 Å². The van der Waals surface area contributed by atoms with E-state index in [0.29, 0.717) is 41.2 Å². The predicted molar refractivity (Wildman–Crippen MR) is 112 cm³/mol. The van der Waals surface area contributed by atoms with Crippen LogP contribution < -0.4 is 10.5 Å². The maximum Gasteiger partial charge on any atom is 0.301 e. The van der Waals surface area contributed by atoms with Gasteiger partial charge < -0.3 is 10.5 Å². The van der Waals surface area contributed by atoms with Crippen LogP contribution in [0.1, 0.15) is 0 Å². The summed E-state index contributed by atoms with van der Waals surface area (Å²) in [6.45, 7) is 1.27. The fourth-order valence-corrected chi connectivity index (χ4v) is 4.42. The average Bonchev–Trinajstić information content (AvgIpc) is 2.75. The Balaban J connectivity index is 1.65. The summed E-state index contributed by atoms with van der Waals surface area (Å²) in [6, 6.07) is 11.5. The minimum absolute atomic E-state index is 0.109. The molecular formula is C20H20FN5O3S. The first kappa shape index (κ1) is 20.2. The van der Waals surface area contributed by atoms with Crippen molar-refractivity contribution < 1.29 is 17.5 Å². The predicted octanol–water partition coefficient (Wildman–Crippen LogP) is 2.52. The first-order valence-corrected chi connectivity index (χ1v) is 10.7. The molecule has 1 fully saturated rings. The zero-order chi connectivity index (χ0) is 21.1. The second-order valence-electron chi connectivity index (χ2n) is 6.69. The molecule has 2 aromatic carbocycles. The van der Waals surface area contributed by atoms with Gasteiger partial charge in [-0.1, -0.05) is 30.3 Å². The molecule has 10 heteroatoms. The van der Waals surface area contributed by atoms with Gasteiger partial charge in [0.25, 0.3) is 0 Å². The highest BCUT2D eigenvalue weighted by Crippen LogP contribution is 2.32. The zero-order valence-electron chi connectivity index (χ0n) is 16.0. The van der Waals surface area contributed by atoms with E-state index in [1.165, 1.54) is 22.8 Å². The summed E-state index contributed by atoms with van der Waals surface area (Å²) in [6.07, 6.45) is 2.90. The van der Waals surface area contributed by atoms with Crippen LogP contribution in [0.4, 0.5) is 16.0 Å². The molecule has 3 N–H and O–H groups in total. The number of anilines is 2. The van der Waals surface area contributed by atoms with E-state index in [9.17, 15) is 12.8 Å². The van der Waals surface area contributed by atoms with E-state index >= 15 is 0 Å². The van der Waals surface area contributed by atoms with Crippen molar-refractivity contribution in [3.8, 4) is 22.3 Å². The van der Waals surface area contributed by atoms with Crippen LogP contribution in [0.25, 0.3) is 22.3 Å². The molecule has 1 aliphatic rings. The minimum Gasteiger partial charge on any atom is -0.379 e. The van der Waals surface area contributed by atoms with Crippen LogP contribution in [-0.2, 0) is 14.9 Å². The van der Waals surface area contributed by atoms with Crippen LogP contribution in [0.5, 0.6) is 0 Å². The maximum absolute atomic E-state index is 14.8. The van der Waals surface area contributed by atoms with Crippen molar-refractivity contribution in [3.05, 3.63) is 60.7 Å². The summed E-state index contributed by atoms with van der Waals surface area (Å²) in [5, 5.41) is 0. The van der Waals surface area contributed by atoms with Crippen LogP contribution in [0.3, 0.4) is 0 Å². The third-order valence-corrected chi connectivity index (χ3v) is 6.26. The molecule has 1 aromatic heterocycles. The number of rotatable bonds is 5. The molecule has 3 aromatic rings. The van der Waals surface area contributed by atoms with Crippen LogP contribution in [0.2, 0.25) is 0 Å². The van der Waals surface area contributed by atoms with Gasteiger partial charge >= 0.3 is 10.2 Å². The van der Waals surface area contributed by atoms with Gasteiger partial charge in [0.05, 0.1) is 18.9 Å². The minimum atomic E-state index is -3.75. The number of aromatic nitrogens is 2. The molecule has 8 nitrogen and oxygen atoms in total. The van der Waals surface area contributed by atoms with Gasteiger partial charge in [-0.2, -0.15) is 12.7 Å². The smallest absolute Gasteiger partial charge is 0.301 e. The Bertz CT molecular complexity index is 1150. The number of ether oxygens (including phenoxy) is 1. The lowest BCUT2D eigenvalue weighted by atomic mass is 10.00.